The van der Waals surface area contributed by atoms with Gasteiger partial charge >= 0.3 is 0 Å². The first-order chi connectivity index (χ1) is 11.9. The second-order valence-electron chi connectivity index (χ2n) is 5.81. The first-order valence-electron chi connectivity index (χ1n) is 7.77. The molecule has 0 aliphatic heterocycles. The van der Waals surface area contributed by atoms with Crippen molar-refractivity contribution in [3.05, 3.63) is 80.8 Å². The highest BCUT2D eigenvalue weighted by molar-refractivity contribution is 9.10. The number of nitrogens with one attached hydrogen (secondary N) is 1. The van der Waals surface area contributed by atoms with Crippen molar-refractivity contribution in [1.29, 1.82) is 0 Å². The zero-order chi connectivity index (χ0) is 18.0. The third-order valence-corrected chi connectivity index (χ3v) is 4.50. The third kappa shape index (κ3) is 3.96. The van der Waals surface area contributed by atoms with E-state index in [2.05, 4.69) is 21.2 Å². The van der Waals surface area contributed by atoms with Crippen LogP contribution in [0.3, 0.4) is 0 Å². The zero-order valence-electron chi connectivity index (χ0n) is 13.5. The van der Waals surface area contributed by atoms with Gasteiger partial charge in [-0.1, -0.05) is 28.1 Å². The van der Waals surface area contributed by atoms with E-state index in [-0.39, 0.29) is 29.7 Å². The van der Waals surface area contributed by atoms with E-state index < -0.39 is 0 Å². The molecule has 1 atom stereocenters. The number of rotatable bonds is 4. The van der Waals surface area contributed by atoms with E-state index in [1.165, 1.54) is 18.2 Å². The summed E-state index contributed by atoms with van der Waals surface area (Å²) in [6, 6.07) is 12.6. The van der Waals surface area contributed by atoms with Crippen molar-refractivity contribution < 1.29 is 9.18 Å². The topological polar surface area (TPSA) is 51.1 Å². The normalized spacial score (nSPS) is 12.1. The Hall–Kier alpha value is -2.47. The molecule has 0 saturated heterocycles. The van der Waals surface area contributed by atoms with Crippen LogP contribution in [0.25, 0.3) is 10.9 Å². The number of halogens is 2. The number of benzene rings is 2. The van der Waals surface area contributed by atoms with Crippen LogP contribution in [-0.4, -0.2) is 10.5 Å². The SMILES string of the molecule is C[C@H](NC(=O)Cn1ccc(=O)c2ccc(Br)cc21)c1ccc(F)cc1. The van der Waals surface area contributed by atoms with Crippen LogP contribution in [0.2, 0.25) is 0 Å². The molecule has 0 unspecified atom stereocenters. The Balaban J connectivity index is 1.80. The van der Waals surface area contributed by atoms with Crippen molar-refractivity contribution in [2.24, 2.45) is 0 Å². The number of pyridine rings is 1. The molecule has 4 nitrogen and oxygen atoms in total. The summed E-state index contributed by atoms with van der Waals surface area (Å²) >= 11 is 3.39. The first kappa shape index (κ1) is 17.4. The molecule has 0 fully saturated rings. The highest BCUT2D eigenvalue weighted by Crippen LogP contribution is 2.18. The lowest BCUT2D eigenvalue weighted by Crippen LogP contribution is -2.30. The number of hydrogen-bond acceptors (Lipinski definition) is 2. The molecular weight excluding hydrogens is 387 g/mol. The van der Waals surface area contributed by atoms with Gasteiger partial charge in [0.2, 0.25) is 5.91 Å². The summed E-state index contributed by atoms with van der Waals surface area (Å²) in [6.07, 6.45) is 1.61. The Kier molecular flexibility index (Phi) is 4.99. The van der Waals surface area contributed by atoms with Gasteiger partial charge in [0.1, 0.15) is 12.4 Å². The van der Waals surface area contributed by atoms with Crippen molar-refractivity contribution in [3.63, 3.8) is 0 Å². The second-order valence-corrected chi connectivity index (χ2v) is 6.73. The monoisotopic (exact) mass is 402 g/mol. The number of fused-ring (bicyclic) bond motifs is 1. The van der Waals surface area contributed by atoms with Crippen LogP contribution in [0.15, 0.2) is 64.0 Å². The van der Waals surface area contributed by atoms with E-state index >= 15 is 0 Å². The molecule has 1 heterocycles. The van der Waals surface area contributed by atoms with Crippen LogP contribution >= 0.6 is 15.9 Å². The Morgan fingerprint density at radius 1 is 1.20 bits per heavy atom. The number of carbonyl (C=O) groups excluding carboxylic acids is 1. The molecule has 3 aromatic rings. The van der Waals surface area contributed by atoms with E-state index in [9.17, 15) is 14.0 Å². The lowest BCUT2D eigenvalue weighted by Gasteiger charge is -2.16. The molecule has 0 aliphatic rings. The maximum atomic E-state index is 13.0. The zero-order valence-corrected chi connectivity index (χ0v) is 15.1. The second kappa shape index (κ2) is 7.19. The molecule has 0 radical (unpaired) electrons. The number of aromatic nitrogens is 1. The van der Waals surface area contributed by atoms with Crippen molar-refractivity contribution in [3.8, 4) is 0 Å². The smallest absolute Gasteiger partial charge is 0.240 e. The fourth-order valence-corrected chi connectivity index (χ4v) is 3.04. The molecule has 1 amide bonds. The average Bonchev–Trinajstić information content (AvgIpc) is 2.58. The molecule has 0 aliphatic carbocycles. The standard InChI is InChI=1S/C19H16BrFN2O2/c1-12(13-2-5-15(21)6-3-13)22-19(25)11-23-9-8-18(24)16-7-4-14(20)10-17(16)23/h2-10,12H,11H2,1H3,(H,22,25)/t12-/m0/s1. The van der Waals surface area contributed by atoms with Gasteiger partial charge in [-0.05, 0) is 42.8 Å². The van der Waals surface area contributed by atoms with Gasteiger partial charge in [-0.3, -0.25) is 9.59 Å². The molecule has 1 N–H and O–H groups in total. The highest BCUT2D eigenvalue weighted by Gasteiger charge is 2.12. The Morgan fingerprint density at radius 2 is 1.92 bits per heavy atom. The summed E-state index contributed by atoms with van der Waals surface area (Å²) in [7, 11) is 0. The summed E-state index contributed by atoms with van der Waals surface area (Å²) < 4.78 is 15.6. The molecule has 2 aromatic carbocycles. The van der Waals surface area contributed by atoms with Gasteiger partial charge in [-0.15, -0.1) is 0 Å². The summed E-state index contributed by atoms with van der Waals surface area (Å²) in [5, 5.41) is 3.45. The molecule has 25 heavy (non-hydrogen) atoms. The fraction of sp³-hybridized carbons (Fsp3) is 0.158. The summed E-state index contributed by atoms with van der Waals surface area (Å²) in [5.74, 6) is -0.505. The van der Waals surface area contributed by atoms with Gasteiger partial charge in [0.15, 0.2) is 5.43 Å². The molecule has 6 heteroatoms. The van der Waals surface area contributed by atoms with Gasteiger partial charge < -0.3 is 9.88 Å². The van der Waals surface area contributed by atoms with Crippen LogP contribution < -0.4 is 10.7 Å². The molecular formula is C19H16BrFN2O2. The minimum atomic E-state index is -0.312. The lowest BCUT2D eigenvalue weighted by molar-refractivity contribution is -0.122. The van der Waals surface area contributed by atoms with E-state index in [1.54, 1.807) is 35.0 Å². The summed E-state index contributed by atoms with van der Waals surface area (Å²) in [5.41, 5.74) is 1.42. The van der Waals surface area contributed by atoms with E-state index in [0.29, 0.717) is 10.9 Å². The summed E-state index contributed by atoms with van der Waals surface area (Å²) in [4.78, 5) is 24.3. The van der Waals surface area contributed by atoms with E-state index in [4.69, 9.17) is 0 Å². The Bertz CT molecular complexity index is 983. The quantitative estimate of drug-likeness (QED) is 0.721. The van der Waals surface area contributed by atoms with Crippen LogP contribution in [0, 0.1) is 5.82 Å². The molecule has 1 aromatic heterocycles. The van der Waals surface area contributed by atoms with E-state index in [1.807, 2.05) is 13.0 Å². The minimum absolute atomic E-state index is 0.0821. The maximum absolute atomic E-state index is 13.0. The van der Waals surface area contributed by atoms with Crippen LogP contribution in [-0.2, 0) is 11.3 Å². The Morgan fingerprint density at radius 3 is 2.64 bits per heavy atom. The first-order valence-corrected chi connectivity index (χ1v) is 8.57. The molecule has 0 saturated carbocycles. The highest BCUT2D eigenvalue weighted by atomic mass is 79.9. The van der Waals surface area contributed by atoms with Gasteiger partial charge in [-0.2, -0.15) is 0 Å². The van der Waals surface area contributed by atoms with Gasteiger partial charge in [-0.25, -0.2) is 4.39 Å². The van der Waals surface area contributed by atoms with Crippen molar-refractivity contribution in [2.75, 3.05) is 0 Å². The number of carbonyl (C=O) groups is 1. The molecule has 3 rings (SSSR count). The molecule has 128 valence electrons. The van der Waals surface area contributed by atoms with Crippen LogP contribution in [0.1, 0.15) is 18.5 Å². The largest absolute Gasteiger partial charge is 0.348 e. The fourth-order valence-electron chi connectivity index (χ4n) is 2.69. The lowest BCUT2D eigenvalue weighted by atomic mass is 10.1. The predicted octanol–water partition coefficient (Wildman–Crippen LogP) is 3.78. The third-order valence-electron chi connectivity index (χ3n) is 4.00. The predicted molar refractivity (Wildman–Crippen MR) is 98.9 cm³/mol. The van der Waals surface area contributed by atoms with Crippen LogP contribution in [0.4, 0.5) is 4.39 Å². The van der Waals surface area contributed by atoms with E-state index in [0.717, 1.165) is 10.0 Å². The summed E-state index contributed by atoms with van der Waals surface area (Å²) in [6.45, 7) is 1.92. The van der Waals surface area contributed by atoms with Crippen LogP contribution in [0.5, 0.6) is 0 Å². The van der Waals surface area contributed by atoms with Gasteiger partial charge in [0, 0.05) is 22.1 Å². The number of nitrogens with zero attached hydrogens (tertiary/aromatic N) is 1. The molecule has 0 spiro atoms. The van der Waals surface area contributed by atoms with Gasteiger partial charge in [0.05, 0.1) is 11.6 Å². The van der Waals surface area contributed by atoms with Crippen molar-refractivity contribution >= 4 is 32.7 Å². The minimum Gasteiger partial charge on any atom is -0.348 e. The average molecular weight is 403 g/mol. The molecule has 0 bridgehead atoms. The van der Waals surface area contributed by atoms with Gasteiger partial charge in [0.25, 0.3) is 0 Å². The van der Waals surface area contributed by atoms with Crippen molar-refractivity contribution in [2.45, 2.75) is 19.5 Å². The maximum Gasteiger partial charge on any atom is 0.240 e. The Labute approximate surface area is 152 Å². The number of amides is 1. The number of hydrogen-bond donors (Lipinski definition) is 1. The van der Waals surface area contributed by atoms with Crippen molar-refractivity contribution in [1.82, 2.24) is 9.88 Å².